The summed E-state index contributed by atoms with van der Waals surface area (Å²) in [4.78, 5) is 13.1. The van der Waals surface area contributed by atoms with Crippen LogP contribution in [0.3, 0.4) is 0 Å². The van der Waals surface area contributed by atoms with Gasteiger partial charge in [0, 0.05) is 24.2 Å². The number of hydrogen-bond acceptors (Lipinski definition) is 4. The standard InChI is InChI=1S/C18H17ClN2O3/c19-14-6-8-15(9-7-14)24-18-5-3-4-17(21(22)23)16(18)10-13-20-11-1-2-12-20/h3-10,13H,1-2,11-12H2. The minimum absolute atomic E-state index is 0.0249. The molecule has 24 heavy (non-hydrogen) atoms. The summed E-state index contributed by atoms with van der Waals surface area (Å²) in [6.45, 7) is 1.95. The molecule has 2 aromatic carbocycles. The van der Waals surface area contributed by atoms with Crippen LogP contribution in [0.2, 0.25) is 5.02 Å². The van der Waals surface area contributed by atoms with Gasteiger partial charge in [-0.3, -0.25) is 10.1 Å². The summed E-state index contributed by atoms with van der Waals surface area (Å²) >= 11 is 5.87. The molecule has 0 radical (unpaired) electrons. The average molecular weight is 345 g/mol. The van der Waals surface area contributed by atoms with Crippen molar-refractivity contribution in [3.63, 3.8) is 0 Å². The van der Waals surface area contributed by atoms with Crippen molar-refractivity contribution in [3.8, 4) is 11.5 Å². The number of likely N-dealkylation sites (tertiary alicyclic amines) is 1. The molecular formula is C18H17ClN2O3. The van der Waals surface area contributed by atoms with E-state index in [0.29, 0.717) is 22.1 Å². The highest BCUT2D eigenvalue weighted by molar-refractivity contribution is 6.30. The third kappa shape index (κ3) is 3.86. The number of ether oxygens (including phenoxy) is 1. The zero-order chi connectivity index (χ0) is 16.9. The molecule has 0 bridgehead atoms. The van der Waals surface area contributed by atoms with Crippen LogP contribution in [0, 0.1) is 10.1 Å². The lowest BCUT2D eigenvalue weighted by Gasteiger charge is -2.12. The van der Waals surface area contributed by atoms with Crippen LogP contribution >= 0.6 is 11.6 Å². The minimum Gasteiger partial charge on any atom is -0.456 e. The smallest absolute Gasteiger partial charge is 0.280 e. The Hall–Kier alpha value is -2.53. The quantitative estimate of drug-likeness (QED) is 0.559. The van der Waals surface area contributed by atoms with Gasteiger partial charge in [0.2, 0.25) is 0 Å². The van der Waals surface area contributed by atoms with Gasteiger partial charge in [0.05, 0.1) is 10.5 Å². The molecule has 0 N–H and O–H groups in total. The second kappa shape index (κ2) is 7.36. The van der Waals surface area contributed by atoms with Crippen molar-refractivity contribution in [1.29, 1.82) is 0 Å². The van der Waals surface area contributed by atoms with E-state index in [-0.39, 0.29) is 5.69 Å². The summed E-state index contributed by atoms with van der Waals surface area (Å²) in [5.74, 6) is 1.03. The van der Waals surface area contributed by atoms with E-state index in [2.05, 4.69) is 4.90 Å². The molecule has 0 saturated carbocycles. The van der Waals surface area contributed by atoms with Crippen molar-refractivity contribution >= 4 is 23.4 Å². The van der Waals surface area contributed by atoms with E-state index in [1.807, 2.05) is 6.20 Å². The van der Waals surface area contributed by atoms with Gasteiger partial charge in [0.15, 0.2) is 0 Å². The zero-order valence-electron chi connectivity index (χ0n) is 13.0. The van der Waals surface area contributed by atoms with Crippen molar-refractivity contribution in [1.82, 2.24) is 4.90 Å². The summed E-state index contributed by atoms with van der Waals surface area (Å²) in [5.41, 5.74) is 0.487. The number of benzene rings is 2. The van der Waals surface area contributed by atoms with Crippen LogP contribution in [0.1, 0.15) is 18.4 Å². The van der Waals surface area contributed by atoms with Crippen molar-refractivity contribution in [2.24, 2.45) is 0 Å². The van der Waals surface area contributed by atoms with E-state index in [9.17, 15) is 10.1 Å². The highest BCUT2D eigenvalue weighted by Gasteiger charge is 2.17. The lowest BCUT2D eigenvalue weighted by molar-refractivity contribution is -0.385. The van der Waals surface area contributed by atoms with Gasteiger partial charge in [-0.05, 0) is 55.4 Å². The van der Waals surface area contributed by atoms with Crippen LogP contribution < -0.4 is 4.74 Å². The number of nitrogens with zero attached hydrogens (tertiary/aromatic N) is 2. The van der Waals surface area contributed by atoms with Gasteiger partial charge in [-0.15, -0.1) is 0 Å². The first-order valence-corrected chi connectivity index (χ1v) is 8.14. The highest BCUT2D eigenvalue weighted by atomic mass is 35.5. The zero-order valence-corrected chi connectivity index (χ0v) is 13.8. The van der Waals surface area contributed by atoms with Gasteiger partial charge in [0.25, 0.3) is 5.69 Å². The number of nitro groups is 1. The number of nitro benzene ring substituents is 1. The van der Waals surface area contributed by atoms with Crippen LogP contribution in [0.5, 0.6) is 11.5 Å². The molecule has 0 unspecified atom stereocenters. The number of rotatable bonds is 5. The van der Waals surface area contributed by atoms with E-state index < -0.39 is 4.92 Å². The maximum Gasteiger partial charge on any atom is 0.280 e. The SMILES string of the molecule is O=[N+]([O-])c1cccc(Oc2ccc(Cl)cc2)c1C=CN1CCCC1. The fraction of sp³-hybridized carbons (Fsp3) is 0.222. The maximum absolute atomic E-state index is 11.4. The van der Waals surface area contributed by atoms with E-state index in [0.717, 1.165) is 25.9 Å². The molecule has 1 fully saturated rings. The topological polar surface area (TPSA) is 55.6 Å². The Labute approximate surface area is 145 Å². The first-order valence-electron chi connectivity index (χ1n) is 7.76. The summed E-state index contributed by atoms with van der Waals surface area (Å²) in [7, 11) is 0. The monoisotopic (exact) mass is 344 g/mol. The molecular weight excluding hydrogens is 328 g/mol. The molecule has 3 rings (SSSR count). The van der Waals surface area contributed by atoms with Gasteiger partial charge in [-0.2, -0.15) is 0 Å². The van der Waals surface area contributed by atoms with E-state index in [1.54, 1.807) is 42.5 Å². The summed E-state index contributed by atoms with van der Waals surface area (Å²) in [5, 5.41) is 12.0. The van der Waals surface area contributed by atoms with Gasteiger partial charge < -0.3 is 9.64 Å². The normalized spacial score (nSPS) is 14.3. The van der Waals surface area contributed by atoms with Crippen LogP contribution in [-0.2, 0) is 0 Å². The lowest BCUT2D eigenvalue weighted by atomic mass is 10.1. The fourth-order valence-electron chi connectivity index (χ4n) is 2.65. The van der Waals surface area contributed by atoms with Crippen molar-refractivity contribution in [3.05, 3.63) is 69.4 Å². The van der Waals surface area contributed by atoms with Crippen LogP contribution in [0.15, 0.2) is 48.7 Å². The lowest BCUT2D eigenvalue weighted by Crippen LogP contribution is -2.10. The Morgan fingerprint density at radius 1 is 1.12 bits per heavy atom. The summed E-state index contributed by atoms with van der Waals surface area (Å²) < 4.78 is 5.84. The first kappa shape index (κ1) is 16.3. The van der Waals surface area contributed by atoms with Crippen LogP contribution in [-0.4, -0.2) is 22.9 Å². The second-order valence-corrected chi connectivity index (χ2v) is 6.00. The maximum atomic E-state index is 11.4. The van der Waals surface area contributed by atoms with Crippen LogP contribution in [0.4, 0.5) is 5.69 Å². The van der Waals surface area contributed by atoms with Gasteiger partial charge in [-0.1, -0.05) is 17.7 Å². The second-order valence-electron chi connectivity index (χ2n) is 5.56. The summed E-state index contributed by atoms with van der Waals surface area (Å²) in [6, 6.07) is 11.7. The van der Waals surface area contributed by atoms with Crippen LogP contribution in [0.25, 0.3) is 6.08 Å². The molecule has 0 amide bonds. The highest BCUT2D eigenvalue weighted by Crippen LogP contribution is 2.33. The predicted molar refractivity (Wildman–Crippen MR) is 94.5 cm³/mol. The molecule has 124 valence electrons. The first-order chi connectivity index (χ1) is 11.6. The Morgan fingerprint density at radius 2 is 1.83 bits per heavy atom. The Balaban J connectivity index is 1.93. The van der Waals surface area contributed by atoms with E-state index >= 15 is 0 Å². The van der Waals surface area contributed by atoms with Crippen molar-refractivity contribution in [2.75, 3.05) is 13.1 Å². The number of hydrogen-bond donors (Lipinski definition) is 0. The van der Waals surface area contributed by atoms with Gasteiger partial charge >= 0.3 is 0 Å². The van der Waals surface area contributed by atoms with Crippen molar-refractivity contribution in [2.45, 2.75) is 12.8 Å². The molecule has 0 aliphatic carbocycles. The average Bonchev–Trinajstić information content (AvgIpc) is 3.09. The Bertz CT molecular complexity index is 753. The molecule has 5 nitrogen and oxygen atoms in total. The molecule has 2 aromatic rings. The largest absolute Gasteiger partial charge is 0.456 e. The Morgan fingerprint density at radius 3 is 2.50 bits per heavy atom. The van der Waals surface area contributed by atoms with E-state index in [1.165, 1.54) is 6.07 Å². The molecule has 6 heteroatoms. The molecule has 0 spiro atoms. The van der Waals surface area contributed by atoms with Gasteiger partial charge in [-0.25, -0.2) is 0 Å². The predicted octanol–water partition coefficient (Wildman–Crippen LogP) is 5.11. The molecule has 1 aliphatic heterocycles. The molecule has 1 heterocycles. The third-order valence-electron chi connectivity index (χ3n) is 3.87. The Kier molecular flexibility index (Phi) is 5.01. The summed E-state index contributed by atoms with van der Waals surface area (Å²) in [6.07, 6.45) is 5.96. The molecule has 0 aromatic heterocycles. The number of halogens is 1. The van der Waals surface area contributed by atoms with Gasteiger partial charge in [0.1, 0.15) is 11.5 Å². The fourth-order valence-corrected chi connectivity index (χ4v) is 2.77. The molecule has 0 atom stereocenters. The molecule has 1 aliphatic rings. The minimum atomic E-state index is -0.390. The van der Waals surface area contributed by atoms with Crippen molar-refractivity contribution < 1.29 is 9.66 Å². The third-order valence-corrected chi connectivity index (χ3v) is 4.13. The van der Waals surface area contributed by atoms with E-state index in [4.69, 9.17) is 16.3 Å². The molecule has 1 saturated heterocycles.